The molecule has 1 fully saturated rings. The van der Waals surface area contributed by atoms with Crippen LogP contribution in [0.5, 0.6) is 0 Å². The van der Waals surface area contributed by atoms with Gasteiger partial charge in [0.1, 0.15) is 31.0 Å². The SMILES string of the molecule is CNC(=O)CO[C@@H]1[C@H](O)C([C@@H](C)OC(=O)c2ccccc2)O[C@H]1n1cc(C)c(=O)[nH]c1=O. The molecular weight excluding hydrogens is 422 g/mol. The number of likely N-dealkylation sites (N-methyl/N-ethyl adjacent to an activating group) is 1. The van der Waals surface area contributed by atoms with Crippen LogP contribution in [0.15, 0.2) is 46.1 Å². The lowest BCUT2D eigenvalue weighted by molar-refractivity contribution is -0.132. The first-order valence-electron chi connectivity index (χ1n) is 9.96. The molecule has 3 N–H and O–H groups in total. The van der Waals surface area contributed by atoms with E-state index in [1.807, 2.05) is 0 Å². The Morgan fingerprint density at radius 3 is 2.62 bits per heavy atom. The van der Waals surface area contributed by atoms with Gasteiger partial charge in [-0.2, -0.15) is 0 Å². The molecule has 3 rings (SSSR count). The van der Waals surface area contributed by atoms with Gasteiger partial charge in [0.25, 0.3) is 5.56 Å². The first kappa shape index (κ1) is 23.4. The van der Waals surface area contributed by atoms with Crippen LogP contribution in [0.4, 0.5) is 0 Å². The summed E-state index contributed by atoms with van der Waals surface area (Å²) in [4.78, 5) is 50.3. The number of benzene rings is 1. The molecule has 2 aromatic rings. The van der Waals surface area contributed by atoms with E-state index >= 15 is 0 Å². The third-order valence-electron chi connectivity index (χ3n) is 5.12. The lowest BCUT2D eigenvalue weighted by atomic mass is 10.1. The van der Waals surface area contributed by atoms with E-state index in [9.17, 15) is 24.3 Å². The van der Waals surface area contributed by atoms with Crippen molar-refractivity contribution in [1.82, 2.24) is 14.9 Å². The molecule has 11 nitrogen and oxygen atoms in total. The summed E-state index contributed by atoms with van der Waals surface area (Å²) in [5, 5.41) is 13.3. The van der Waals surface area contributed by atoms with E-state index in [2.05, 4.69) is 10.3 Å². The highest BCUT2D eigenvalue weighted by Gasteiger charge is 2.49. The Morgan fingerprint density at radius 2 is 1.97 bits per heavy atom. The van der Waals surface area contributed by atoms with Crippen LogP contribution in [0, 0.1) is 6.92 Å². The van der Waals surface area contributed by atoms with Gasteiger partial charge in [-0.05, 0) is 26.0 Å². The lowest BCUT2D eigenvalue weighted by Crippen LogP contribution is -2.42. The van der Waals surface area contributed by atoms with E-state index in [0.717, 1.165) is 4.57 Å². The van der Waals surface area contributed by atoms with Gasteiger partial charge in [-0.1, -0.05) is 18.2 Å². The fourth-order valence-electron chi connectivity index (χ4n) is 3.37. The maximum Gasteiger partial charge on any atom is 0.338 e. The Labute approximate surface area is 182 Å². The number of aromatic amines is 1. The zero-order valence-corrected chi connectivity index (χ0v) is 17.8. The van der Waals surface area contributed by atoms with Crippen LogP contribution in [-0.4, -0.2) is 64.6 Å². The quantitative estimate of drug-likeness (QED) is 0.480. The number of aryl methyl sites for hydroxylation is 1. The van der Waals surface area contributed by atoms with E-state index in [4.69, 9.17) is 14.2 Å². The topological polar surface area (TPSA) is 149 Å². The highest BCUT2D eigenvalue weighted by atomic mass is 16.6. The second kappa shape index (κ2) is 9.90. The summed E-state index contributed by atoms with van der Waals surface area (Å²) in [5.41, 5.74) is -0.779. The van der Waals surface area contributed by atoms with Crippen LogP contribution in [-0.2, 0) is 19.0 Å². The van der Waals surface area contributed by atoms with Gasteiger partial charge >= 0.3 is 11.7 Å². The second-order valence-electron chi connectivity index (χ2n) is 7.39. The monoisotopic (exact) mass is 447 g/mol. The van der Waals surface area contributed by atoms with Gasteiger partial charge in [-0.15, -0.1) is 0 Å². The predicted molar refractivity (Wildman–Crippen MR) is 111 cm³/mol. The standard InChI is InChI=1S/C21H25N3O8/c1-11-9-24(21(29)23-18(11)27)19-17(30-10-14(25)22-3)15(26)16(32-19)12(2)31-20(28)13-7-5-4-6-8-13/h4-9,12,15-17,19,26H,10H2,1-3H3,(H,22,25)(H,23,27,29)/t12-,15-,16?,17-,19-/m1/s1. The zero-order chi connectivity index (χ0) is 23.4. The van der Waals surface area contributed by atoms with E-state index in [0.29, 0.717) is 5.56 Å². The molecule has 0 radical (unpaired) electrons. The van der Waals surface area contributed by atoms with Crippen molar-refractivity contribution in [1.29, 1.82) is 0 Å². The molecule has 11 heteroatoms. The van der Waals surface area contributed by atoms with Crippen molar-refractivity contribution in [2.75, 3.05) is 13.7 Å². The smallest absolute Gasteiger partial charge is 0.338 e. The summed E-state index contributed by atoms with van der Waals surface area (Å²) in [6.45, 7) is 2.64. The molecule has 2 heterocycles. The van der Waals surface area contributed by atoms with E-state index in [1.54, 1.807) is 30.3 Å². The predicted octanol–water partition coefficient (Wildman–Crippen LogP) is -0.520. The number of hydrogen-bond acceptors (Lipinski definition) is 8. The average Bonchev–Trinajstić information content (AvgIpc) is 3.11. The minimum Gasteiger partial charge on any atom is -0.456 e. The van der Waals surface area contributed by atoms with Crippen molar-refractivity contribution in [2.24, 2.45) is 0 Å². The van der Waals surface area contributed by atoms with E-state index in [-0.39, 0.29) is 5.56 Å². The fourth-order valence-corrected chi connectivity index (χ4v) is 3.37. The molecule has 1 aliphatic heterocycles. The van der Waals surface area contributed by atoms with Crippen LogP contribution in [0.2, 0.25) is 0 Å². The fraction of sp³-hybridized carbons (Fsp3) is 0.429. The molecule has 1 saturated heterocycles. The summed E-state index contributed by atoms with van der Waals surface area (Å²) in [5.74, 6) is -1.06. The minimum absolute atomic E-state index is 0.236. The summed E-state index contributed by atoms with van der Waals surface area (Å²) < 4.78 is 17.9. The first-order chi connectivity index (χ1) is 15.2. The van der Waals surface area contributed by atoms with Crippen molar-refractivity contribution in [3.8, 4) is 0 Å². The van der Waals surface area contributed by atoms with Gasteiger partial charge in [0.2, 0.25) is 5.91 Å². The van der Waals surface area contributed by atoms with Crippen molar-refractivity contribution >= 4 is 11.9 Å². The number of aliphatic hydroxyl groups is 1. The molecule has 0 bridgehead atoms. The molecule has 5 atom stereocenters. The maximum atomic E-state index is 12.4. The minimum atomic E-state index is -1.35. The largest absolute Gasteiger partial charge is 0.456 e. The number of carbonyl (C=O) groups excluding carboxylic acids is 2. The number of nitrogens with zero attached hydrogens (tertiary/aromatic N) is 1. The highest BCUT2D eigenvalue weighted by Crippen LogP contribution is 2.33. The van der Waals surface area contributed by atoms with Gasteiger partial charge in [0, 0.05) is 18.8 Å². The number of rotatable bonds is 7. The molecule has 1 aromatic heterocycles. The number of ether oxygens (including phenoxy) is 3. The summed E-state index contributed by atoms with van der Waals surface area (Å²) in [6, 6.07) is 8.30. The number of hydrogen-bond donors (Lipinski definition) is 3. The van der Waals surface area contributed by atoms with Gasteiger partial charge in [-0.25, -0.2) is 9.59 Å². The van der Waals surface area contributed by atoms with Crippen LogP contribution in [0.3, 0.4) is 0 Å². The Bertz CT molecular complexity index is 1080. The third-order valence-corrected chi connectivity index (χ3v) is 5.12. The van der Waals surface area contributed by atoms with E-state index < -0.39 is 60.4 Å². The summed E-state index contributed by atoms with van der Waals surface area (Å²) >= 11 is 0. The summed E-state index contributed by atoms with van der Waals surface area (Å²) in [6.07, 6.45) is -4.39. The number of nitrogens with one attached hydrogen (secondary N) is 2. The number of esters is 1. The molecular formula is C21H25N3O8. The Morgan fingerprint density at radius 1 is 1.28 bits per heavy atom. The van der Waals surface area contributed by atoms with Crippen LogP contribution in [0.25, 0.3) is 0 Å². The Kier molecular flexibility index (Phi) is 7.23. The molecule has 1 unspecified atom stereocenters. The average molecular weight is 447 g/mol. The third kappa shape index (κ3) is 4.96. The maximum absolute atomic E-state index is 12.4. The lowest BCUT2D eigenvalue weighted by Gasteiger charge is -2.23. The molecule has 0 aliphatic carbocycles. The molecule has 0 saturated carbocycles. The molecule has 32 heavy (non-hydrogen) atoms. The second-order valence-corrected chi connectivity index (χ2v) is 7.39. The van der Waals surface area contributed by atoms with Gasteiger partial charge < -0.3 is 24.6 Å². The van der Waals surface area contributed by atoms with Crippen molar-refractivity contribution in [2.45, 2.75) is 44.5 Å². The number of H-pyrrole nitrogens is 1. The first-order valence-corrected chi connectivity index (χ1v) is 9.96. The zero-order valence-electron chi connectivity index (χ0n) is 17.8. The molecule has 172 valence electrons. The molecule has 1 amide bonds. The number of carbonyl (C=O) groups is 2. The van der Waals surface area contributed by atoms with Gasteiger partial charge in [-0.3, -0.25) is 19.1 Å². The summed E-state index contributed by atoms with van der Waals surface area (Å²) in [7, 11) is 1.43. The Hall–Kier alpha value is -3.28. The van der Waals surface area contributed by atoms with Crippen LogP contribution in [0.1, 0.15) is 29.1 Å². The van der Waals surface area contributed by atoms with Gasteiger partial charge in [0.05, 0.1) is 5.56 Å². The number of amides is 1. The van der Waals surface area contributed by atoms with Crippen molar-refractivity contribution < 1.29 is 28.9 Å². The molecule has 1 aliphatic rings. The van der Waals surface area contributed by atoms with E-state index in [1.165, 1.54) is 27.1 Å². The molecule has 1 aromatic carbocycles. The highest BCUT2D eigenvalue weighted by molar-refractivity contribution is 5.89. The van der Waals surface area contributed by atoms with Crippen LogP contribution < -0.4 is 16.6 Å². The van der Waals surface area contributed by atoms with Gasteiger partial charge in [0.15, 0.2) is 6.23 Å². The van der Waals surface area contributed by atoms with Crippen LogP contribution >= 0.6 is 0 Å². The number of aliphatic hydroxyl groups excluding tert-OH is 1. The number of aromatic nitrogens is 2. The Balaban J connectivity index is 1.86. The van der Waals surface area contributed by atoms with Crippen molar-refractivity contribution in [3.63, 3.8) is 0 Å². The van der Waals surface area contributed by atoms with Crippen molar-refractivity contribution in [3.05, 3.63) is 68.5 Å². The molecule has 0 spiro atoms. The normalized spacial score (nSPS) is 23.5.